The quantitative estimate of drug-likeness (QED) is 0.886. The number of rotatable bonds is 3. The lowest BCUT2D eigenvalue weighted by atomic mass is 10.1. The van der Waals surface area contributed by atoms with Crippen LogP contribution in [-0.4, -0.2) is 26.3 Å². The van der Waals surface area contributed by atoms with E-state index in [9.17, 15) is 4.79 Å². The van der Waals surface area contributed by atoms with Crippen molar-refractivity contribution < 1.29 is 9.90 Å². The predicted molar refractivity (Wildman–Crippen MR) is 70.0 cm³/mol. The monoisotopic (exact) mass is 257 g/mol. The normalized spacial score (nSPS) is 15.8. The van der Waals surface area contributed by atoms with Gasteiger partial charge in [0, 0.05) is 11.5 Å². The van der Waals surface area contributed by atoms with E-state index < -0.39 is 5.97 Å². The van der Waals surface area contributed by atoms with Crippen LogP contribution in [-0.2, 0) is 0 Å². The van der Waals surface area contributed by atoms with E-state index in [-0.39, 0.29) is 5.56 Å². The number of aromatic amines is 1. The molecule has 1 aliphatic carbocycles. The molecule has 1 fully saturated rings. The van der Waals surface area contributed by atoms with Crippen molar-refractivity contribution in [2.45, 2.75) is 31.6 Å². The van der Waals surface area contributed by atoms with E-state index in [1.165, 1.54) is 12.8 Å². The molecule has 0 atom stereocenters. The van der Waals surface area contributed by atoms with Crippen LogP contribution in [0.2, 0.25) is 0 Å². The topological polar surface area (TPSA) is 78.9 Å². The number of carboxylic acid groups (broad SMARTS) is 1. The lowest BCUT2D eigenvalue weighted by molar-refractivity contribution is 0.0697. The van der Waals surface area contributed by atoms with Crippen LogP contribution < -0.4 is 0 Å². The van der Waals surface area contributed by atoms with Crippen molar-refractivity contribution in [3.8, 4) is 11.4 Å². The third-order valence-electron chi connectivity index (χ3n) is 3.61. The molecule has 0 amide bonds. The van der Waals surface area contributed by atoms with Gasteiger partial charge >= 0.3 is 5.97 Å². The highest BCUT2D eigenvalue weighted by Gasteiger charge is 2.21. The van der Waals surface area contributed by atoms with Gasteiger partial charge in [-0.3, -0.25) is 5.10 Å². The average Bonchev–Trinajstić information content (AvgIpc) is 3.09. The highest BCUT2D eigenvalue weighted by atomic mass is 16.4. The molecule has 3 rings (SSSR count). The first-order valence-corrected chi connectivity index (χ1v) is 6.50. The zero-order valence-electron chi connectivity index (χ0n) is 10.5. The molecule has 0 unspecified atom stereocenters. The maximum Gasteiger partial charge on any atom is 0.335 e. The third-order valence-corrected chi connectivity index (χ3v) is 3.61. The molecule has 19 heavy (non-hydrogen) atoms. The first kappa shape index (κ1) is 11.9. The molecular formula is C14H15N3O2. The van der Waals surface area contributed by atoms with Crippen LogP contribution >= 0.6 is 0 Å². The van der Waals surface area contributed by atoms with E-state index in [4.69, 9.17) is 5.11 Å². The van der Waals surface area contributed by atoms with Crippen LogP contribution in [0.15, 0.2) is 24.3 Å². The summed E-state index contributed by atoms with van der Waals surface area (Å²) in [6, 6.07) is 6.71. The van der Waals surface area contributed by atoms with Gasteiger partial charge in [0.25, 0.3) is 0 Å². The summed E-state index contributed by atoms with van der Waals surface area (Å²) in [4.78, 5) is 15.5. The van der Waals surface area contributed by atoms with Crippen molar-refractivity contribution in [3.63, 3.8) is 0 Å². The Morgan fingerprint density at radius 1 is 1.32 bits per heavy atom. The Labute approximate surface area is 110 Å². The minimum atomic E-state index is -0.937. The summed E-state index contributed by atoms with van der Waals surface area (Å²) in [6.45, 7) is 0. The van der Waals surface area contributed by atoms with Gasteiger partial charge < -0.3 is 5.11 Å². The maximum absolute atomic E-state index is 11.0. The minimum Gasteiger partial charge on any atom is -0.478 e. The highest BCUT2D eigenvalue weighted by molar-refractivity contribution is 5.89. The first-order chi connectivity index (χ1) is 9.24. The standard InChI is InChI=1S/C14H15N3O2/c18-14(19)11-7-3-6-10(8-11)13-15-12(16-17-13)9-4-1-2-5-9/h3,6-9H,1-2,4-5H2,(H,18,19)(H,15,16,17). The highest BCUT2D eigenvalue weighted by Crippen LogP contribution is 2.32. The van der Waals surface area contributed by atoms with Gasteiger partial charge in [0.2, 0.25) is 0 Å². The van der Waals surface area contributed by atoms with E-state index in [1.807, 2.05) is 6.07 Å². The van der Waals surface area contributed by atoms with Crippen molar-refractivity contribution in [3.05, 3.63) is 35.7 Å². The van der Waals surface area contributed by atoms with Crippen LogP contribution in [0.25, 0.3) is 11.4 Å². The molecule has 1 aromatic carbocycles. The molecule has 1 aliphatic rings. The molecule has 1 heterocycles. The van der Waals surface area contributed by atoms with E-state index >= 15 is 0 Å². The smallest absolute Gasteiger partial charge is 0.335 e. The Kier molecular flexibility index (Phi) is 3.03. The number of aromatic carboxylic acids is 1. The molecule has 0 saturated heterocycles. The molecule has 98 valence electrons. The summed E-state index contributed by atoms with van der Waals surface area (Å²) in [5.41, 5.74) is 0.991. The maximum atomic E-state index is 11.0. The van der Waals surface area contributed by atoms with E-state index in [1.54, 1.807) is 18.2 Å². The van der Waals surface area contributed by atoms with Gasteiger partial charge in [0.15, 0.2) is 5.82 Å². The number of aromatic nitrogens is 3. The van der Waals surface area contributed by atoms with Gasteiger partial charge in [-0.05, 0) is 25.0 Å². The molecule has 1 aromatic heterocycles. The summed E-state index contributed by atoms with van der Waals surface area (Å²) in [5.74, 6) is 1.04. The molecule has 2 aromatic rings. The summed E-state index contributed by atoms with van der Waals surface area (Å²) < 4.78 is 0. The number of hydrogen-bond acceptors (Lipinski definition) is 3. The summed E-state index contributed by atoms with van der Waals surface area (Å²) in [5, 5.41) is 16.2. The summed E-state index contributed by atoms with van der Waals surface area (Å²) in [7, 11) is 0. The number of hydrogen-bond donors (Lipinski definition) is 2. The molecule has 0 aliphatic heterocycles. The Morgan fingerprint density at radius 2 is 2.11 bits per heavy atom. The van der Waals surface area contributed by atoms with Crippen molar-refractivity contribution >= 4 is 5.97 Å². The Hall–Kier alpha value is -2.17. The molecular weight excluding hydrogens is 242 g/mol. The number of carbonyl (C=O) groups is 1. The lowest BCUT2D eigenvalue weighted by Crippen LogP contribution is -1.96. The fraction of sp³-hybridized carbons (Fsp3) is 0.357. The Morgan fingerprint density at radius 3 is 2.84 bits per heavy atom. The van der Waals surface area contributed by atoms with Crippen LogP contribution in [0, 0.1) is 0 Å². The number of nitrogens with zero attached hydrogens (tertiary/aromatic N) is 2. The molecule has 0 spiro atoms. The predicted octanol–water partition coefficient (Wildman–Crippen LogP) is 2.83. The second kappa shape index (κ2) is 4.84. The van der Waals surface area contributed by atoms with Crippen LogP contribution in [0.3, 0.4) is 0 Å². The Bertz CT molecular complexity index is 600. The van der Waals surface area contributed by atoms with Gasteiger partial charge in [-0.1, -0.05) is 25.0 Å². The fourth-order valence-electron chi connectivity index (χ4n) is 2.58. The average molecular weight is 257 g/mol. The van der Waals surface area contributed by atoms with Crippen LogP contribution in [0.1, 0.15) is 47.8 Å². The zero-order valence-corrected chi connectivity index (χ0v) is 10.5. The lowest BCUT2D eigenvalue weighted by Gasteiger charge is -2.02. The van der Waals surface area contributed by atoms with Crippen LogP contribution in [0.5, 0.6) is 0 Å². The van der Waals surface area contributed by atoms with Gasteiger partial charge in [-0.25, -0.2) is 9.78 Å². The molecule has 5 heteroatoms. The van der Waals surface area contributed by atoms with Crippen molar-refractivity contribution in [2.75, 3.05) is 0 Å². The Balaban J connectivity index is 1.89. The second-order valence-electron chi connectivity index (χ2n) is 4.91. The van der Waals surface area contributed by atoms with Crippen molar-refractivity contribution in [1.29, 1.82) is 0 Å². The largest absolute Gasteiger partial charge is 0.478 e. The minimum absolute atomic E-state index is 0.254. The number of nitrogens with one attached hydrogen (secondary N) is 1. The van der Waals surface area contributed by atoms with Crippen molar-refractivity contribution in [2.24, 2.45) is 0 Å². The van der Waals surface area contributed by atoms with Crippen LogP contribution in [0.4, 0.5) is 0 Å². The third kappa shape index (κ3) is 2.36. The molecule has 5 nitrogen and oxygen atoms in total. The number of carboxylic acids is 1. The molecule has 0 bridgehead atoms. The van der Waals surface area contributed by atoms with E-state index in [0.29, 0.717) is 11.7 Å². The SMILES string of the molecule is O=C(O)c1cccc(-c2n[nH]c(C3CCCC3)n2)c1. The number of H-pyrrole nitrogens is 1. The number of benzene rings is 1. The first-order valence-electron chi connectivity index (χ1n) is 6.50. The molecule has 1 saturated carbocycles. The van der Waals surface area contributed by atoms with E-state index in [2.05, 4.69) is 15.2 Å². The van der Waals surface area contributed by atoms with Gasteiger partial charge in [0.05, 0.1) is 5.56 Å². The molecule has 0 radical (unpaired) electrons. The fourth-order valence-corrected chi connectivity index (χ4v) is 2.58. The summed E-state index contributed by atoms with van der Waals surface area (Å²) in [6.07, 6.45) is 4.80. The summed E-state index contributed by atoms with van der Waals surface area (Å²) >= 11 is 0. The van der Waals surface area contributed by atoms with Crippen molar-refractivity contribution in [1.82, 2.24) is 15.2 Å². The molecule has 2 N–H and O–H groups in total. The second-order valence-corrected chi connectivity index (χ2v) is 4.91. The van der Waals surface area contributed by atoms with E-state index in [0.717, 1.165) is 24.2 Å². The van der Waals surface area contributed by atoms with Gasteiger partial charge in [0.1, 0.15) is 5.82 Å². The van der Waals surface area contributed by atoms with Gasteiger partial charge in [-0.15, -0.1) is 0 Å². The van der Waals surface area contributed by atoms with Gasteiger partial charge in [-0.2, -0.15) is 5.10 Å². The zero-order chi connectivity index (χ0) is 13.2.